The molecule has 4 rings (SSSR count). The molecule has 7 heteroatoms. The average molecular weight is 403 g/mol. The molecule has 0 saturated carbocycles. The second kappa shape index (κ2) is 6.76. The van der Waals surface area contributed by atoms with Gasteiger partial charge in [0.05, 0.1) is 15.2 Å². The lowest BCUT2D eigenvalue weighted by Crippen LogP contribution is -2.10. The monoisotopic (exact) mass is 402 g/mol. The first-order valence-corrected chi connectivity index (χ1v) is 9.30. The maximum atomic E-state index is 12.5. The van der Waals surface area contributed by atoms with Gasteiger partial charge < -0.3 is 4.42 Å². The van der Waals surface area contributed by atoms with E-state index in [0.29, 0.717) is 26.5 Å². The molecule has 2 aromatic carbocycles. The van der Waals surface area contributed by atoms with Gasteiger partial charge in [0.15, 0.2) is 10.9 Å². The third kappa shape index (κ3) is 3.33. The number of amides is 1. The van der Waals surface area contributed by atoms with Crippen molar-refractivity contribution in [1.29, 1.82) is 0 Å². The van der Waals surface area contributed by atoms with Gasteiger partial charge in [-0.05, 0) is 55.0 Å². The first-order valence-electron chi connectivity index (χ1n) is 7.73. The van der Waals surface area contributed by atoms with Crippen LogP contribution in [0.2, 0.25) is 10.0 Å². The third-order valence-electron chi connectivity index (χ3n) is 3.79. The summed E-state index contributed by atoms with van der Waals surface area (Å²) >= 11 is 13.6. The summed E-state index contributed by atoms with van der Waals surface area (Å²) in [6.07, 6.45) is 0. The van der Waals surface area contributed by atoms with Gasteiger partial charge in [-0.15, -0.1) is 0 Å². The minimum absolute atomic E-state index is 0.173. The third-order valence-corrected chi connectivity index (χ3v) is 5.29. The topological polar surface area (TPSA) is 55.1 Å². The van der Waals surface area contributed by atoms with Gasteiger partial charge in [0.25, 0.3) is 5.91 Å². The first kappa shape index (κ1) is 17.1. The summed E-state index contributed by atoms with van der Waals surface area (Å²) in [4.78, 5) is 16.9. The Labute approximate surface area is 163 Å². The first-order chi connectivity index (χ1) is 12.5. The second-order valence-corrected chi connectivity index (χ2v) is 7.61. The second-order valence-electron chi connectivity index (χ2n) is 5.73. The number of thiazole rings is 1. The van der Waals surface area contributed by atoms with E-state index < -0.39 is 0 Å². The van der Waals surface area contributed by atoms with E-state index in [9.17, 15) is 4.79 Å². The van der Waals surface area contributed by atoms with Gasteiger partial charge in [0.1, 0.15) is 5.76 Å². The van der Waals surface area contributed by atoms with Crippen LogP contribution in [-0.4, -0.2) is 10.9 Å². The van der Waals surface area contributed by atoms with Crippen LogP contribution in [0.4, 0.5) is 5.13 Å². The molecular formula is C19H12Cl2N2O2S. The van der Waals surface area contributed by atoms with E-state index in [1.54, 1.807) is 30.3 Å². The van der Waals surface area contributed by atoms with Gasteiger partial charge in [-0.2, -0.15) is 0 Å². The van der Waals surface area contributed by atoms with Crippen LogP contribution < -0.4 is 5.32 Å². The number of furan rings is 1. The summed E-state index contributed by atoms with van der Waals surface area (Å²) in [6, 6.07) is 14.3. The van der Waals surface area contributed by atoms with E-state index in [0.717, 1.165) is 15.8 Å². The number of nitrogens with one attached hydrogen (secondary N) is 1. The maximum absolute atomic E-state index is 12.5. The number of hydrogen-bond donors (Lipinski definition) is 1. The SMILES string of the molecule is Cc1ccc2nc(NC(=O)c3ccc(-c4cc(Cl)ccc4Cl)o3)sc2c1. The number of nitrogens with zero attached hydrogens (tertiary/aromatic N) is 1. The van der Waals surface area contributed by atoms with Crippen molar-refractivity contribution in [2.45, 2.75) is 6.92 Å². The number of benzene rings is 2. The van der Waals surface area contributed by atoms with E-state index in [1.807, 2.05) is 25.1 Å². The highest BCUT2D eigenvalue weighted by Crippen LogP contribution is 2.32. The lowest BCUT2D eigenvalue weighted by molar-refractivity contribution is 0.0997. The molecule has 0 fully saturated rings. The van der Waals surface area contributed by atoms with Crippen LogP contribution in [0.5, 0.6) is 0 Å². The van der Waals surface area contributed by atoms with E-state index in [4.69, 9.17) is 27.6 Å². The van der Waals surface area contributed by atoms with Gasteiger partial charge in [-0.25, -0.2) is 4.98 Å². The lowest BCUT2D eigenvalue weighted by Gasteiger charge is -2.02. The molecule has 2 aromatic heterocycles. The zero-order chi connectivity index (χ0) is 18.3. The maximum Gasteiger partial charge on any atom is 0.293 e. The molecule has 4 aromatic rings. The van der Waals surface area contributed by atoms with Crippen LogP contribution in [0, 0.1) is 6.92 Å². The molecule has 4 nitrogen and oxygen atoms in total. The van der Waals surface area contributed by atoms with E-state index >= 15 is 0 Å². The lowest BCUT2D eigenvalue weighted by atomic mass is 10.2. The smallest absolute Gasteiger partial charge is 0.293 e. The Balaban J connectivity index is 1.58. The molecule has 0 bridgehead atoms. The molecule has 0 radical (unpaired) electrons. The predicted molar refractivity (Wildman–Crippen MR) is 106 cm³/mol. The molecule has 130 valence electrons. The summed E-state index contributed by atoms with van der Waals surface area (Å²) in [5.41, 5.74) is 2.63. The van der Waals surface area contributed by atoms with Crippen molar-refractivity contribution in [2.75, 3.05) is 5.32 Å². The number of carbonyl (C=O) groups excluding carboxylic acids is 1. The zero-order valence-corrected chi connectivity index (χ0v) is 15.9. The number of hydrogen-bond acceptors (Lipinski definition) is 4. The van der Waals surface area contributed by atoms with Gasteiger partial charge in [0.2, 0.25) is 0 Å². The van der Waals surface area contributed by atoms with E-state index in [-0.39, 0.29) is 11.7 Å². The molecule has 0 aliphatic rings. The number of carbonyl (C=O) groups is 1. The van der Waals surface area contributed by atoms with Crippen LogP contribution in [0.15, 0.2) is 52.9 Å². The van der Waals surface area contributed by atoms with Crippen molar-refractivity contribution < 1.29 is 9.21 Å². The summed E-state index contributed by atoms with van der Waals surface area (Å²) in [7, 11) is 0. The summed E-state index contributed by atoms with van der Waals surface area (Å²) in [6.45, 7) is 2.02. The number of aryl methyl sites for hydroxylation is 1. The fourth-order valence-electron chi connectivity index (χ4n) is 2.54. The summed E-state index contributed by atoms with van der Waals surface area (Å²) in [5.74, 6) is 0.277. The Morgan fingerprint density at radius 2 is 1.96 bits per heavy atom. The largest absolute Gasteiger partial charge is 0.451 e. The van der Waals surface area contributed by atoms with E-state index in [2.05, 4.69) is 10.3 Å². The molecule has 2 heterocycles. The average Bonchev–Trinajstić information content (AvgIpc) is 3.23. The molecule has 0 spiro atoms. The standard InChI is InChI=1S/C19H12Cl2N2O2S/c1-10-2-5-14-17(8-10)26-19(22-14)23-18(24)16-7-6-15(25-16)12-9-11(20)3-4-13(12)21/h2-9H,1H3,(H,22,23,24). The molecule has 0 unspecified atom stereocenters. The van der Waals surface area contributed by atoms with Crippen LogP contribution in [-0.2, 0) is 0 Å². The molecule has 26 heavy (non-hydrogen) atoms. The van der Waals surface area contributed by atoms with Gasteiger partial charge in [0, 0.05) is 10.6 Å². The Hall–Kier alpha value is -2.34. The quantitative estimate of drug-likeness (QED) is 0.429. The Morgan fingerprint density at radius 3 is 2.81 bits per heavy atom. The highest BCUT2D eigenvalue weighted by atomic mass is 35.5. The van der Waals surface area contributed by atoms with Gasteiger partial charge in [-0.3, -0.25) is 10.1 Å². The number of anilines is 1. The van der Waals surface area contributed by atoms with Crippen molar-refractivity contribution >= 4 is 55.8 Å². The van der Waals surface area contributed by atoms with Gasteiger partial charge in [-0.1, -0.05) is 40.6 Å². The van der Waals surface area contributed by atoms with Crippen molar-refractivity contribution in [3.63, 3.8) is 0 Å². The Bertz CT molecular complexity index is 1130. The molecule has 0 saturated heterocycles. The number of rotatable bonds is 3. The van der Waals surface area contributed by atoms with Crippen molar-refractivity contribution in [1.82, 2.24) is 4.98 Å². The van der Waals surface area contributed by atoms with Crippen LogP contribution in [0.25, 0.3) is 21.5 Å². The predicted octanol–water partition coefficient (Wildman–Crippen LogP) is 6.42. The van der Waals surface area contributed by atoms with Crippen LogP contribution >= 0.6 is 34.5 Å². The minimum Gasteiger partial charge on any atom is -0.451 e. The number of fused-ring (bicyclic) bond motifs is 1. The van der Waals surface area contributed by atoms with E-state index in [1.165, 1.54) is 11.3 Å². The van der Waals surface area contributed by atoms with Crippen molar-refractivity contribution in [3.8, 4) is 11.3 Å². The molecule has 0 aliphatic heterocycles. The highest BCUT2D eigenvalue weighted by molar-refractivity contribution is 7.22. The fraction of sp³-hybridized carbons (Fsp3) is 0.0526. The van der Waals surface area contributed by atoms with Crippen molar-refractivity contribution in [3.05, 3.63) is 69.9 Å². The fourth-order valence-corrected chi connectivity index (χ4v) is 3.88. The van der Waals surface area contributed by atoms with Crippen molar-refractivity contribution in [2.24, 2.45) is 0 Å². The Morgan fingerprint density at radius 1 is 1.12 bits per heavy atom. The highest BCUT2D eigenvalue weighted by Gasteiger charge is 2.16. The Kier molecular flexibility index (Phi) is 4.44. The number of aromatic nitrogens is 1. The van der Waals surface area contributed by atoms with Crippen LogP contribution in [0.1, 0.15) is 16.1 Å². The molecule has 1 amide bonds. The zero-order valence-electron chi connectivity index (χ0n) is 13.5. The molecular weight excluding hydrogens is 391 g/mol. The molecule has 1 N–H and O–H groups in total. The van der Waals surface area contributed by atoms with Crippen LogP contribution in [0.3, 0.4) is 0 Å². The summed E-state index contributed by atoms with van der Waals surface area (Å²) in [5, 5.41) is 4.33. The molecule has 0 aliphatic carbocycles. The summed E-state index contributed by atoms with van der Waals surface area (Å²) < 4.78 is 6.67. The molecule has 0 atom stereocenters. The number of halogens is 2. The van der Waals surface area contributed by atoms with Gasteiger partial charge >= 0.3 is 0 Å². The normalized spacial score (nSPS) is 11.0. The minimum atomic E-state index is -0.370.